The van der Waals surface area contributed by atoms with E-state index < -0.39 is 6.03 Å². The second-order valence-electron chi connectivity index (χ2n) is 3.38. The zero-order valence-electron chi connectivity index (χ0n) is 9.03. The molecular formula is C11H16N2O2. The molecule has 0 bridgehead atoms. The van der Waals surface area contributed by atoms with Gasteiger partial charge in [0, 0.05) is 6.54 Å². The molecule has 0 unspecified atom stereocenters. The maximum Gasteiger partial charge on any atom is 0.345 e. The van der Waals surface area contributed by atoms with E-state index in [2.05, 4.69) is 5.32 Å². The van der Waals surface area contributed by atoms with E-state index >= 15 is 0 Å². The first-order chi connectivity index (χ1) is 7.15. The third kappa shape index (κ3) is 3.25. The molecule has 0 saturated heterocycles. The van der Waals surface area contributed by atoms with Gasteiger partial charge in [0.05, 0.1) is 5.69 Å². The molecule has 0 radical (unpaired) electrons. The Morgan fingerprint density at radius 1 is 1.53 bits per heavy atom. The molecule has 0 aromatic heterocycles. The van der Waals surface area contributed by atoms with Crippen LogP contribution in [0.2, 0.25) is 0 Å². The topological polar surface area (TPSA) is 52.6 Å². The van der Waals surface area contributed by atoms with Gasteiger partial charge in [0.25, 0.3) is 0 Å². The fourth-order valence-corrected chi connectivity index (χ4v) is 1.18. The van der Waals surface area contributed by atoms with E-state index in [0.29, 0.717) is 17.3 Å². The Bertz CT molecular complexity index is 339. The zero-order valence-corrected chi connectivity index (χ0v) is 9.03. The third-order valence-corrected chi connectivity index (χ3v) is 1.96. The molecule has 0 aliphatic carbocycles. The first-order valence-electron chi connectivity index (χ1n) is 4.98. The number of urea groups is 1. The van der Waals surface area contributed by atoms with Crippen molar-refractivity contribution in [2.45, 2.75) is 20.3 Å². The summed E-state index contributed by atoms with van der Waals surface area (Å²) in [5.41, 5.74) is 1.47. The van der Waals surface area contributed by atoms with E-state index in [9.17, 15) is 10.0 Å². The summed E-state index contributed by atoms with van der Waals surface area (Å²) in [6.45, 7) is 4.41. The summed E-state index contributed by atoms with van der Waals surface area (Å²) >= 11 is 0. The molecule has 4 heteroatoms. The monoisotopic (exact) mass is 208 g/mol. The van der Waals surface area contributed by atoms with E-state index in [0.717, 1.165) is 12.0 Å². The summed E-state index contributed by atoms with van der Waals surface area (Å²) in [6, 6.07) is 6.62. The predicted octanol–water partition coefficient (Wildman–Crippen LogP) is 2.31. The van der Waals surface area contributed by atoms with Gasteiger partial charge in [-0.15, -0.1) is 0 Å². The van der Waals surface area contributed by atoms with Crippen molar-refractivity contribution >= 4 is 11.7 Å². The fourth-order valence-electron chi connectivity index (χ4n) is 1.18. The largest absolute Gasteiger partial charge is 0.345 e. The van der Waals surface area contributed by atoms with E-state index in [4.69, 9.17) is 0 Å². The highest BCUT2D eigenvalue weighted by atomic mass is 16.5. The van der Waals surface area contributed by atoms with Gasteiger partial charge in [-0.25, -0.2) is 4.79 Å². The summed E-state index contributed by atoms with van der Waals surface area (Å²) < 4.78 is 0. The number of nitrogens with one attached hydrogen (secondary N) is 1. The van der Waals surface area contributed by atoms with Gasteiger partial charge in [0.1, 0.15) is 0 Å². The number of carbonyl (C=O) groups excluding carboxylic acids is 1. The number of rotatable bonds is 3. The minimum Gasteiger partial charge on any atom is -0.336 e. The molecule has 4 nitrogen and oxygen atoms in total. The van der Waals surface area contributed by atoms with Crippen molar-refractivity contribution in [2.75, 3.05) is 11.6 Å². The predicted molar refractivity (Wildman–Crippen MR) is 59.1 cm³/mol. The van der Waals surface area contributed by atoms with Crippen LogP contribution in [0.1, 0.15) is 18.9 Å². The number of hydroxylamine groups is 1. The molecule has 2 amide bonds. The van der Waals surface area contributed by atoms with Crippen LogP contribution in [0.3, 0.4) is 0 Å². The Labute approximate surface area is 89.5 Å². The third-order valence-electron chi connectivity index (χ3n) is 1.96. The SMILES string of the molecule is CCCNC(=O)N(O)c1cccc(C)c1. The number of nitrogens with zero attached hydrogens (tertiary/aromatic N) is 1. The van der Waals surface area contributed by atoms with E-state index in [1.165, 1.54) is 0 Å². The number of aryl methyl sites for hydroxylation is 1. The molecule has 0 aliphatic rings. The highest BCUT2D eigenvalue weighted by Crippen LogP contribution is 2.13. The van der Waals surface area contributed by atoms with Crippen LogP contribution < -0.4 is 10.4 Å². The normalized spacial score (nSPS) is 9.80. The molecule has 0 atom stereocenters. The van der Waals surface area contributed by atoms with Crippen molar-refractivity contribution in [3.63, 3.8) is 0 Å². The summed E-state index contributed by atoms with van der Waals surface area (Å²) in [4.78, 5) is 11.4. The molecular weight excluding hydrogens is 192 g/mol. The Morgan fingerprint density at radius 2 is 2.27 bits per heavy atom. The summed E-state index contributed by atoms with van der Waals surface area (Å²) in [7, 11) is 0. The maximum atomic E-state index is 11.4. The molecule has 1 aromatic rings. The lowest BCUT2D eigenvalue weighted by Crippen LogP contribution is -2.38. The summed E-state index contributed by atoms with van der Waals surface area (Å²) in [5, 5.41) is 12.8. The molecule has 1 rings (SSSR count). The van der Waals surface area contributed by atoms with Crippen LogP contribution in [0.4, 0.5) is 10.5 Å². The summed E-state index contributed by atoms with van der Waals surface area (Å²) in [5.74, 6) is 0. The number of hydrogen-bond donors (Lipinski definition) is 2. The number of amides is 2. The molecule has 2 N–H and O–H groups in total. The first-order valence-corrected chi connectivity index (χ1v) is 4.98. The Hall–Kier alpha value is -1.55. The van der Waals surface area contributed by atoms with Gasteiger partial charge in [0.15, 0.2) is 0 Å². The highest BCUT2D eigenvalue weighted by molar-refractivity contribution is 5.89. The van der Waals surface area contributed by atoms with Crippen LogP contribution in [0, 0.1) is 6.92 Å². The van der Waals surface area contributed by atoms with Gasteiger partial charge in [0.2, 0.25) is 0 Å². The molecule has 15 heavy (non-hydrogen) atoms. The van der Waals surface area contributed by atoms with E-state index in [1.54, 1.807) is 18.2 Å². The average Bonchev–Trinajstić information content (AvgIpc) is 2.24. The standard InChI is InChI=1S/C11H16N2O2/c1-3-7-12-11(14)13(15)10-6-4-5-9(2)8-10/h4-6,8,15H,3,7H2,1-2H3,(H,12,14). The Balaban J connectivity index is 2.67. The van der Waals surface area contributed by atoms with Gasteiger partial charge in [-0.3, -0.25) is 5.21 Å². The molecule has 1 aromatic carbocycles. The Kier molecular flexibility index (Phi) is 4.12. The van der Waals surface area contributed by atoms with Crippen molar-refractivity contribution in [3.8, 4) is 0 Å². The van der Waals surface area contributed by atoms with Gasteiger partial charge >= 0.3 is 6.03 Å². The zero-order chi connectivity index (χ0) is 11.3. The van der Waals surface area contributed by atoms with Gasteiger partial charge < -0.3 is 5.32 Å². The molecule has 0 fully saturated rings. The van der Waals surface area contributed by atoms with Crippen LogP contribution in [0.15, 0.2) is 24.3 Å². The van der Waals surface area contributed by atoms with Gasteiger partial charge in [-0.05, 0) is 31.0 Å². The van der Waals surface area contributed by atoms with Crippen LogP contribution in [0.5, 0.6) is 0 Å². The van der Waals surface area contributed by atoms with E-state index in [1.807, 2.05) is 19.9 Å². The maximum absolute atomic E-state index is 11.4. The fraction of sp³-hybridized carbons (Fsp3) is 0.364. The van der Waals surface area contributed by atoms with Crippen LogP contribution in [-0.4, -0.2) is 17.8 Å². The minimum atomic E-state index is -0.498. The van der Waals surface area contributed by atoms with Crippen LogP contribution in [0.25, 0.3) is 0 Å². The number of carbonyl (C=O) groups is 1. The number of benzene rings is 1. The van der Waals surface area contributed by atoms with Crippen LogP contribution >= 0.6 is 0 Å². The Morgan fingerprint density at radius 3 is 2.87 bits per heavy atom. The second-order valence-corrected chi connectivity index (χ2v) is 3.38. The van der Waals surface area contributed by atoms with Crippen molar-refractivity contribution in [2.24, 2.45) is 0 Å². The molecule has 82 valence electrons. The smallest absolute Gasteiger partial charge is 0.336 e. The quantitative estimate of drug-likeness (QED) is 0.591. The highest BCUT2D eigenvalue weighted by Gasteiger charge is 2.11. The van der Waals surface area contributed by atoms with E-state index in [-0.39, 0.29) is 0 Å². The molecule has 0 saturated carbocycles. The number of hydrogen-bond acceptors (Lipinski definition) is 2. The second kappa shape index (κ2) is 5.36. The van der Waals surface area contributed by atoms with Crippen molar-refractivity contribution in [3.05, 3.63) is 29.8 Å². The summed E-state index contributed by atoms with van der Waals surface area (Å²) in [6.07, 6.45) is 0.841. The van der Waals surface area contributed by atoms with Gasteiger partial charge in [-0.2, -0.15) is 5.06 Å². The lowest BCUT2D eigenvalue weighted by Gasteiger charge is -2.15. The lowest BCUT2D eigenvalue weighted by molar-refractivity contribution is 0.204. The molecule has 0 aliphatic heterocycles. The lowest BCUT2D eigenvalue weighted by atomic mass is 10.2. The van der Waals surface area contributed by atoms with Gasteiger partial charge in [-0.1, -0.05) is 19.1 Å². The average molecular weight is 208 g/mol. The van der Waals surface area contributed by atoms with Crippen molar-refractivity contribution < 1.29 is 10.0 Å². The number of anilines is 1. The first kappa shape index (κ1) is 11.5. The van der Waals surface area contributed by atoms with Crippen molar-refractivity contribution in [1.82, 2.24) is 5.32 Å². The van der Waals surface area contributed by atoms with Crippen LogP contribution in [-0.2, 0) is 0 Å². The van der Waals surface area contributed by atoms with Crippen molar-refractivity contribution in [1.29, 1.82) is 0 Å². The molecule has 0 heterocycles. The minimum absolute atomic E-state index is 0.476. The molecule has 0 spiro atoms.